The summed E-state index contributed by atoms with van der Waals surface area (Å²) in [5.41, 5.74) is -1.93. The Morgan fingerprint density at radius 3 is 2.53 bits per heavy atom. The average Bonchev–Trinajstić information content (AvgIpc) is 2.79. The number of methoxy groups -OCH3 is 1. The summed E-state index contributed by atoms with van der Waals surface area (Å²) in [7, 11) is 1.14. The first-order valence-corrected chi connectivity index (χ1v) is 12.4. The zero-order chi connectivity index (χ0) is 26.8. The van der Waals surface area contributed by atoms with Crippen LogP contribution in [0.15, 0.2) is 24.3 Å². The highest BCUT2D eigenvalue weighted by atomic mass is 35.5. The highest BCUT2D eigenvalue weighted by Crippen LogP contribution is 2.41. The molecule has 2 atom stereocenters. The normalized spacial score (nSPS) is 20.8. The molecule has 0 N–H and O–H groups in total. The van der Waals surface area contributed by atoms with Gasteiger partial charge in [0.1, 0.15) is 22.1 Å². The van der Waals surface area contributed by atoms with Crippen molar-refractivity contribution in [3.63, 3.8) is 0 Å². The lowest BCUT2D eigenvalue weighted by molar-refractivity contribution is -0.172. The van der Waals surface area contributed by atoms with Gasteiger partial charge in [0, 0.05) is 24.6 Å². The van der Waals surface area contributed by atoms with Gasteiger partial charge in [-0.1, -0.05) is 35.3 Å². The quantitative estimate of drug-likeness (QED) is 0.329. The molecule has 0 unspecified atom stereocenters. The number of hydrogen-bond donors (Lipinski definition) is 0. The SMILES string of the molecule is COC(=O)c1cc(Cl)nc(C[C@@]2(C(=O)OC(C)(C)C)CCN(Cc3cccc(Cl)c3F)[C@H](C)C2)c1F. The monoisotopic (exact) mass is 542 g/mol. The first-order valence-electron chi connectivity index (χ1n) is 11.6. The molecule has 1 aliphatic rings. The number of aromatic nitrogens is 1. The van der Waals surface area contributed by atoms with Crippen molar-refractivity contribution in [2.24, 2.45) is 5.41 Å². The summed E-state index contributed by atoms with van der Waals surface area (Å²) in [5, 5.41) is -0.0442. The summed E-state index contributed by atoms with van der Waals surface area (Å²) in [5.74, 6) is -2.74. The Morgan fingerprint density at radius 2 is 1.92 bits per heavy atom. The van der Waals surface area contributed by atoms with Gasteiger partial charge in [0.15, 0.2) is 5.82 Å². The second-order valence-electron chi connectivity index (χ2n) is 10.2. The van der Waals surface area contributed by atoms with Crippen LogP contribution < -0.4 is 0 Å². The van der Waals surface area contributed by atoms with E-state index in [4.69, 9.17) is 27.9 Å². The number of nitrogens with zero attached hydrogens (tertiary/aromatic N) is 2. The predicted octanol–water partition coefficient (Wildman–Crippen LogP) is 6.01. The molecule has 1 aromatic heterocycles. The molecule has 10 heteroatoms. The average molecular weight is 543 g/mol. The second-order valence-corrected chi connectivity index (χ2v) is 11.0. The van der Waals surface area contributed by atoms with Crippen molar-refractivity contribution in [2.45, 2.75) is 65.1 Å². The van der Waals surface area contributed by atoms with Gasteiger partial charge >= 0.3 is 11.9 Å². The van der Waals surface area contributed by atoms with Gasteiger partial charge in [-0.3, -0.25) is 9.69 Å². The molecule has 1 aliphatic heterocycles. The van der Waals surface area contributed by atoms with Gasteiger partial charge in [0.2, 0.25) is 0 Å². The zero-order valence-electron chi connectivity index (χ0n) is 21.0. The van der Waals surface area contributed by atoms with E-state index < -0.39 is 34.6 Å². The van der Waals surface area contributed by atoms with Crippen LogP contribution in [-0.4, -0.2) is 47.1 Å². The van der Waals surface area contributed by atoms with E-state index in [-0.39, 0.29) is 33.9 Å². The molecule has 1 saturated heterocycles. The molecule has 2 aromatic rings. The molecule has 6 nitrogen and oxygen atoms in total. The number of rotatable bonds is 6. The molecule has 2 heterocycles. The van der Waals surface area contributed by atoms with E-state index >= 15 is 4.39 Å². The lowest BCUT2D eigenvalue weighted by Gasteiger charge is -2.45. The molecule has 0 bridgehead atoms. The summed E-state index contributed by atoms with van der Waals surface area (Å²) >= 11 is 12.0. The largest absolute Gasteiger partial charge is 0.465 e. The first-order chi connectivity index (χ1) is 16.8. The third-order valence-electron chi connectivity index (χ3n) is 6.33. The standard InChI is InChI=1S/C26H30Cl2F2N2O4/c1-15-12-26(24(34)36-25(2,3)4,9-10-32(15)14-16-7-6-8-18(27)21(16)29)13-19-22(30)17(23(33)35-5)11-20(28)31-19/h6-8,11,15H,9-10,12-14H2,1-5H3/t15-,26-/m1/s1. The van der Waals surface area contributed by atoms with Crippen LogP contribution in [0.3, 0.4) is 0 Å². The second kappa shape index (κ2) is 11.0. The highest BCUT2D eigenvalue weighted by molar-refractivity contribution is 6.30. The number of ether oxygens (including phenoxy) is 2. The molecule has 36 heavy (non-hydrogen) atoms. The molecule has 0 spiro atoms. The predicted molar refractivity (Wildman–Crippen MR) is 133 cm³/mol. The van der Waals surface area contributed by atoms with E-state index in [1.165, 1.54) is 6.07 Å². The number of likely N-dealkylation sites (tertiary alicyclic amines) is 1. The number of hydrogen-bond acceptors (Lipinski definition) is 6. The van der Waals surface area contributed by atoms with Crippen LogP contribution in [-0.2, 0) is 27.2 Å². The van der Waals surface area contributed by atoms with Gasteiger partial charge in [-0.2, -0.15) is 0 Å². The Labute approximate surface area is 219 Å². The molecule has 0 amide bonds. The minimum Gasteiger partial charge on any atom is -0.465 e. The van der Waals surface area contributed by atoms with Gasteiger partial charge in [0.25, 0.3) is 0 Å². The fraction of sp³-hybridized carbons (Fsp3) is 0.500. The highest BCUT2D eigenvalue weighted by Gasteiger charge is 2.47. The van der Waals surface area contributed by atoms with Gasteiger partial charge < -0.3 is 9.47 Å². The Morgan fingerprint density at radius 1 is 1.22 bits per heavy atom. The fourth-order valence-electron chi connectivity index (χ4n) is 4.55. The molecule has 0 saturated carbocycles. The van der Waals surface area contributed by atoms with E-state index in [0.717, 1.165) is 13.2 Å². The molecule has 1 fully saturated rings. The lowest BCUT2D eigenvalue weighted by Crippen LogP contribution is -2.51. The van der Waals surface area contributed by atoms with Crippen molar-refractivity contribution in [3.05, 3.63) is 62.9 Å². The van der Waals surface area contributed by atoms with Crippen LogP contribution >= 0.6 is 23.2 Å². The molecule has 0 radical (unpaired) electrons. The summed E-state index contributed by atoms with van der Waals surface area (Å²) in [6, 6.07) is 5.75. The van der Waals surface area contributed by atoms with E-state index in [0.29, 0.717) is 31.5 Å². The number of benzene rings is 1. The lowest BCUT2D eigenvalue weighted by atomic mass is 9.71. The Kier molecular flexibility index (Phi) is 8.63. The molecular formula is C26H30Cl2F2N2O4. The molecule has 196 valence electrons. The van der Waals surface area contributed by atoms with Crippen LogP contribution in [0.1, 0.15) is 62.2 Å². The van der Waals surface area contributed by atoms with E-state index in [1.807, 2.05) is 11.8 Å². The van der Waals surface area contributed by atoms with Crippen LogP contribution in [0.4, 0.5) is 8.78 Å². The molecule has 3 rings (SSSR count). The van der Waals surface area contributed by atoms with Gasteiger partial charge in [-0.25, -0.2) is 18.6 Å². The molecule has 0 aliphatic carbocycles. The molecule has 1 aromatic carbocycles. The Bertz CT molecular complexity index is 1160. The number of halogens is 4. The van der Waals surface area contributed by atoms with Crippen molar-refractivity contribution in [1.82, 2.24) is 9.88 Å². The minimum atomic E-state index is -1.14. The topological polar surface area (TPSA) is 68.7 Å². The third kappa shape index (κ3) is 6.33. The maximum Gasteiger partial charge on any atom is 0.341 e. The van der Waals surface area contributed by atoms with Crippen LogP contribution in [0.2, 0.25) is 10.2 Å². The van der Waals surface area contributed by atoms with E-state index in [2.05, 4.69) is 9.72 Å². The number of carbonyl (C=O) groups is 2. The van der Waals surface area contributed by atoms with E-state index in [1.54, 1.807) is 32.9 Å². The van der Waals surface area contributed by atoms with E-state index in [9.17, 15) is 14.0 Å². The smallest absolute Gasteiger partial charge is 0.341 e. The number of carbonyl (C=O) groups excluding carboxylic acids is 2. The van der Waals surface area contributed by atoms with Crippen molar-refractivity contribution in [2.75, 3.05) is 13.7 Å². The minimum absolute atomic E-state index is 0.0455. The van der Waals surface area contributed by atoms with Gasteiger partial charge in [0.05, 0.1) is 23.2 Å². The summed E-state index contributed by atoms with van der Waals surface area (Å²) in [6.45, 7) is 7.90. The van der Waals surface area contributed by atoms with Crippen LogP contribution in [0, 0.1) is 17.0 Å². The van der Waals surface area contributed by atoms with Crippen molar-refractivity contribution in [3.8, 4) is 0 Å². The van der Waals surface area contributed by atoms with Crippen LogP contribution in [0.25, 0.3) is 0 Å². The van der Waals surface area contributed by atoms with Crippen molar-refractivity contribution >= 4 is 35.1 Å². The number of esters is 2. The third-order valence-corrected chi connectivity index (χ3v) is 6.82. The Balaban J connectivity index is 1.95. The Hall–Kier alpha value is -2.29. The summed E-state index contributed by atoms with van der Waals surface area (Å²) in [6.07, 6.45) is 0.475. The van der Waals surface area contributed by atoms with Crippen molar-refractivity contribution in [1.29, 1.82) is 0 Å². The number of piperidine rings is 1. The number of pyridine rings is 1. The van der Waals surface area contributed by atoms with Crippen LogP contribution in [0.5, 0.6) is 0 Å². The molecular weight excluding hydrogens is 513 g/mol. The van der Waals surface area contributed by atoms with Gasteiger partial charge in [-0.15, -0.1) is 0 Å². The fourth-order valence-corrected chi connectivity index (χ4v) is 4.95. The van der Waals surface area contributed by atoms with Gasteiger partial charge in [-0.05, 0) is 59.2 Å². The summed E-state index contributed by atoms with van der Waals surface area (Å²) in [4.78, 5) is 31.7. The maximum atomic E-state index is 15.3. The zero-order valence-corrected chi connectivity index (χ0v) is 22.5. The van der Waals surface area contributed by atoms with Crippen molar-refractivity contribution < 1.29 is 27.8 Å². The summed E-state index contributed by atoms with van der Waals surface area (Å²) < 4.78 is 40.2. The first kappa shape index (κ1) is 28.3. The maximum absolute atomic E-state index is 15.3.